The number of ether oxygens (including phenoxy) is 2. The molecule has 2 N–H and O–H groups in total. The minimum Gasteiger partial charge on any atom is -0.493 e. The van der Waals surface area contributed by atoms with E-state index >= 15 is 0 Å². The maximum absolute atomic E-state index is 5.35. The van der Waals surface area contributed by atoms with Crippen LogP contribution in [0.3, 0.4) is 0 Å². The summed E-state index contributed by atoms with van der Waals surface area (Å²) in [5, 5.41) is 6.58. The lowest BCUT2D eigenvalue weighted by Gasteiger charge is -2.12. The van der Waals surface area contributed by atoms with Crippen molar-refractivity contribution in [1.29, 1.82) is 0 Å². The van der Waals surface area contributed by atoms with Gasteiger partial charge in [-0.15, -0.1) is 0 Å². The van der Waals surface area contributed by atoms with Crippen LogP contribution in [0.15, 0.2) is 48.5 Å². The molecular formula is C21H24N4O2. The van der Waals surface area contributed by atoms with E-state index in [2.05, 4.69) is 45.7 Å². The van der Waals surface area contributed by atoms with Crippen LogP contribution < -0.4 is 20.1 Å². The fourth-order valence-corrected chi connectivity index (χ4v) is 2.78. The smallest absolute Gasteiger partial charge is 0.225 e. The molecule has 1 aromatic heterocycles. The molecule has 6 nitrogen and oxygen atoms in total. The number of hydrogen-bond donors (Lipinski definition) is 2. The first kappa shape index (κ1) is 18.5. The Morgan fingerprint density at radius 3 is 2.44 bits per heavy atom. The number of aryl methyl sites for hydroxylation is 2. The molecule has 0 aliphatic rings. The van der Waals surface area contributed by atoms with Crippen LogP contribution in [0.5, 0.6) is 11.5 Å². The van der Waals surface area contributed by atoms with Gasteiger partial charge in [0.25, 0.3) is 0 Å². The Morgan fingerprint density at radius 2 is 1.70 bits per heavy atom. The van der Waals surface area contributed by atoms with Crippen LogP contribution in [0.2, 0.25) is 0 Å². The first-order chi connectivity index (χ1) is 13.1. The second-order valence-electron chi connectivity index (χ2n) is 6.26. The van der Waals surface area contributed by atoms with Crippen LogP contribution in [0.1, 0.15) is 16.8 Å². The molecule has 1 heterocycles. The Balaban J connectivity index is 1.75. The van der Waals surface area contributed by atoms with E-state index in [1.165, 1.54) is 11.1 Å². The third kappa shape index (κ3) is 4.88. The predicted octanol–water partition coefficient (Wildman–Crippen LogP) is 4.47. The van der Waals surface area contributed by atoms with Crippen molar-refractivity contribution in [2.24, 2.45) is 0 Å². The summed E-state index contributed by atoms with van der Waals surface area (Å²) in [6, 6.07) is 15.9. The molecule has 0 aliphatic carbocycles. The van der Waals surface area contributed by atoms with Crippen molar-refractivity contribution in [1.82, 2.24) is 9.97 Å². The van der Waals surface area contributed by atoms with Crippen molar-refractivity contribution < 1.29 is 9.47 Å². The van der Waals surface area contributed by atoms with Crippen LogP contribution in [-0.2, 0) is 6.54 Å². The molecule has 0 atom stereocenters. The average molecular weight is 364 g/mol. The third-order valence-corrected chi connectivity index (χ3v) is 4.04. The number of benzene rings is 2. The highest BCUT2D eigenvalue weighted by Crippen LogP contribution is 2.31. The van der Waals surface area contributed by atoms with E-state index in [-0.39, 0.29) is 0 Å². The Bertz CT molecular complexity index is 928. The van der Waals surface area contributed by atoms with Gasteiger partial charge in [0, 0.05) is 30.1 Å². The maximum atomic E-state index is 5.35. The lowest BCUT2D eigenvalue weighted by Crippen LogP contribution is -2.06. The van der Waals surface area contributed by atoms with Crippen LogP contribution in [-0.4, -0.2) is 24.2 Å². The fourth-order valence-electron chi connectivity index (χ4n) is 2.78. The molecular weight excluding hydrogens is 340 g/mol. The van der Waals surface area contributed by atoms with Gasteiger partial charge in [-0.1, -0.05) is 29.8 Å². The second-order valence-corrected chi connectivity index (χ2v) is 6.26. The van der Waals surface area contributed by atoms with Crippen molar-refractivity contribution >= 4 is 17.5 Å². The number of nitrogens with one attached hydrogen (secondary N) is 2. The van der Waals surface area contributed by atoms with Crippen LogP contribution in [0.4, 0.5) is 17.5 Å². The summed E-state index contributed by atoms with van der Waals surface area (Å²) in [5.41, 5.74) is 4.15. The summed E-state index contributed by atoms with van der Waals surface area (Å²) < 4.78 is 10.6. The first-order valence-corrected chi connectivity index (χ1v) is 8.71. The van der Waals surface area contributed by atoms with E-state index in [0.717, 1.165) is 11.4 Å². The highest BCUT2D eigenvalue weighted by molar-refractivity contribution is 5.62. The zero-order valence-electron chi connectivity index (χ0n) is 16.0. The summed E-state index contributed by atoms with van der Waals surface area (Å²) >= 11 is 0. The van der Waals surface area contributed by atoms with E-state index in [4.69, 9.17) is 9.47 Å². The number of aromatic nitrogens is 2. The topological polar surface area (TPSA) is 68.3 Å². The van der Waals surface area contributed by atoms with E-state index in [9.17, 15) is 0 Å². The molecule has 0 saturated heterocycles. The molecule has 3 aromatic rings. The first-order valence-electron chi connectivity index (χ1n) is 8.71. The Kier molecular flexibility index (Phi) is 5.76. The quantitative estimate of drug-likeness (QED) is 0.645. The van der Waals surface area contributed by atoms with Crippen molar-refractivity contribution in [3.8, 4) is 11.5 Å². The van der Waals surface area contributed by atoms with Gasteiger partial charge in [0.2, 0.25) is 5.95 Å². The van der Waals surface area contributed by atoms with Gasteiger partial charge in [0.1, 0.15) is 5.82 Å². The third-order valence-electron chi connectivity index (χ3n) is 4.04. The summed E-state index contributed by atoms with van der Waals surface area (Å²) in [7, 11) is 3.23. The zero-order chi connectivity index (χ0) is 19.2. The van der Waals surface area contributed by atoms with Crippen molar-refractivity contribution in [3.05, 3.63) is 65.4 Å². The number of nitrogens with zero attached hydrogens (tertiary/aromatic N) is 2. The normalized spacial score (nSPS) is 10.4. The maximum Gasteiger partial charge on any atom is 0.225 e. The molecule has 0 spiro atoms. The molecule has 0 amide bonds. The summed E-state index contributed by atoms with van der Waals surface area (Å²) in [6.45, 7) is 4.69. The Hall–Kier alpha value is -3.28. The second kappa shape index (κ2) is 8.40. The lowest BCUT2D eigenvalue weighted by molar-refractivity contribution is 0.355. The molecule has 0 saturated carbocycles. The van der Waals surface area contributed by atoms with Gasteiger partial charge >= 0.3 is 0 Å². The minimum absolute atomic E-state index is 0.583. The van der Waals surface area contributed by atoms with Crippen molar-refractivity contribution in [2.75, 3.05) is 24.9 Å². The van der Waals surface area contributed by atoms with E-state index < -0.39 is 0 Å². The zero-order valence-corrected chi connectivity index (χ0v) is 16.0. The molecule has 27 heavy (non-hydrogen) atoms. The summed E-state index contributed by atoms with van der Waals surface area (Å²) in [6.07, 6.45) is 0. The van der Waals surface area contributed by atoms with Crippen LogP contribution >= 0.6 is 0 Å². The molecule has 6 heteroatoms. The minimum atomic E-state index is 0.583. The molecule has 2 aromatic carbocycles. The summed E-state index contributed by atoms with van der Waals surface area (Å²) in [5.74, 6) is 2.63. The molecule has 0 fully saturated rings. The molecule has 140 valence electrons. The molecule has 0 radical (unpaired) electrons. The lowest BCUT2D eigenvalue weighted by atomic mass is 10.1. The number of rotatable bonds is 7. The highest BCUT2D eigenvalue weighted by Gasteiger charge is 2.07. The molecule has 0 aliphatic heterocycles. The number of anilines is 3. The van der Waals surface area contributed by atoms with E-state index in [1.807, 2.05) is 37.3 Å². The average Bonchev–Trinajstić information content (AvgIpc) is 2.66. The molecule has 0 unspecified atom stereocenters. The van der Waals surface area contributed by atoms with E-state index in [1.54, 1.807) is 14.2 Å². The Labute approximate surface area is 159 Å². The van der Waals surface area contributed by atoms with Gasteiger partial charge in [-0.2, -0.15) is 4.98 Å². The highest BCUT2D eigenvalue weighted by atomic mass is 16.5. The SMILES string of the molecule is COc1ccc(Nc2cc(C)nc(NCc3cccc(C)c3)n2)cc1OC. The van der Waals surface area contributed by atoms with Crippen LogP contribution in [0, 0.1) is 13.8 Å². The van der Waals surface area contributed by atoms with Crippen LogP contribution in [0.25, 0.3) is 0 Å². The van der Waals surface area contributed by atoms with Gasteiger partial charge in [0.15, 0.2) is 11.5 Å². The molecule has 3 rings (SSSR count). The fraction of sp³-hybridized carbons (Fsp3) is 0.238. The van der Waals surface area contributed by atoms with Gasteiger partial charge in [0.05, 0.1) is 14.2 Å². The molecule has 0 bridgehead atoms. The number of hydrogen-bond acceptors (Lipinski definition) is 6. The standard InChI is InChI=1S/C21H24N4O2/c1-14-6-5-7-16(10-14)13-22-21-23-15(2)11-20(25-21)24-17-8-9-18(26-3)19(12-17)27-4/h5-12H,13H2,1-4H3,(H2,22,23,24,25). The van der Waals surface area contributed by atoms with Gasteiger partial charge < -0.3 is 20.1 Å². The van der Waals surface area contributed by atoms with E-state index in [0.29, 0.717) is 29.8 Å². The summed E-state index contributed by atoms with van der Waals surface area (Å²) in [4.78, 5) is 9.03. The number of methoxy groups -OCH3 is 2. The monoisotopic (exact) mass is 364 g/mol. The van der Waals surface area contributed by atoms with Crippen molar-refractivity contribution in [3.63, 3.8) is 0 Å². The predicted molar refractivity (Wildman–Crippen MR) is 108 cm³/mol. The van der Waals surface area contributed by atoms with Gasteiger partial charge in [-0.3, -0.25) is 0 Å². The Morgan fingerprint density at radius 1 is 0.889 bits per heavy atom. The van der Waals surface area contributed by atoms with Crippen molar-refractivity contribution in [2.45, 2.75) is 20.4 Å². The van der Waals surface area contributed by atoms with Gasteiger partial charge in [-0.25, -0.2) is 4.98 Å². The largest absolute Gasteiger partial charge is 0.493 e. The van der Waals surface area contributed by atoms with Gasteiger partial charge in [-0.05, 0) is 31.5 Å².